The zero-order valence-corrected chi connectivity index (χ0v) is 9.35. The van der Waals surface area contributed by atoms with Gasteiger partial charge < -0.3 is 14.9 Å². The van der Waals surface area contributed by atoms with E-state index in [1.54, 1.807) is 5.06 Å². The fraction of sp³-hybridized carbons (Fsp3) is 0.727. The van der Waals surface area contributed by atoms with Gasteiger partial charge in [0.25, 0.3) is 0 Å². The highest BCUT2D eigenvalue weighted by molar-refractivity contribution is 5.66. The van der Waals surface area contributed by atoms with Gasteiger partial charge >= 0.3 is 6.09 Å². The van der Waals surface area contributed by atoms with Crippen LogP contribution in [0.25, 0.3) is 0 Å². The van der Waals surface area contributed by atoms with Crippen molar-refractivity contribution in [2.24, 2.45) is 5.92 Å². The maximum absolute atomic E-state index is 11.4. The topological polar surface area (TPSA) is 50.8 Å². The van der Waals surface area contributed by atoms with Gasteiger partial charge in [-0.2, -0.15) is 0 Å². The smallest absolute Gasteiger partial charge is 0.381 e. The molecule has 1 fully saturated rings. The Bertz CT molecular complexity index is 254. The Kier molecular flexibility index (Phi) is 4.18. The van der Waals surface area contributed by atoms with E-state index in [1.807, 2.05) is 12.2 Å². The summed E-state index contributed by atoms with van der Waals surface area (Å²) in [5, 5.41) is 4.42. The van der Waals surface area contributed by atoms with Crippen molar-refractivity contribution in [3.05, 3.63) is 12.2 Å². The van der Waals surface area contributed by atoms with E-state index in [9.17, 15) is 4.79 Å². The Balaban J connectivity index is 1.59. The summed E-state index contributed by atoms with van der Waals surface area (Å²) in [6.07, 6.45) is 5.64. The van der Waals surface area contributed by atoms with Gasteiger partial charge in [-0.15, -0.1) is 5.06 Å². The fourth-order valence-electron chi connectivity index (χ4n) is 1.86. The summed E-state index contributed by atoms with van der Waals surface area (Å²) in [4.78, 5) is 16.5. The minimum absolute atomic E-state index is 0.352. The van der Waals surface area contributed by atoms with E-state index >= 15 is 0 Å². The fourth-order valence-corrected chi connectivity index (χ4v) is 1.86. The lowest BCUT2D eigenvalue weighted by atomic mass is 10.0. The van der Waals surface area contributed by atoms with Gasteiger partial charge in [0.1, 0.15) is 0 Å². The molecule has 90 valence electrons. The minimum atomic E-state index is -0.352. The van der Waals surface area contributed by atoms with Crippen molar-refractivity contribution < 1.29 is 14.4 Å². The predicted molar refractivity (Wildman–Crippen MR) is 58.7 cm³/mol. The number of nitrogens with one attached hydrogen (secondary N) is 1. The summed E-state index contributed by atoms with van der Waals surface area (Å²) < 4.78 is 5.25. The van der Waals surface area contributed by atoms with Crippen molar-refractivity contribution in [2.75, 3.05) is 32.8 Å². The van der Waals surface area contributed by atoms with Crippen molar-refractivity contribution in [3.63, 3.8) is 0 Å². The highest BCUT2D eigenvalue weighted by atomic mass is 16.7. The number of amides is 1. The average Bonchev–Trinajstić information content (AvgIpc) is 2.81. The summed E-state index contributed by atoms with van der Waals surface area (Å²) in [6, 6.07) is 0. The molecule has 0 radical (unpaired) electrons. The van der Waals surface area contributed by atoms with E-state index in [1.165, 1.54) is 0 Å². The molecule has 1 N–H and O–H groups in total. The number of ether oxygens (including phenoxy) is 1. The van der Waals surface area contributed by atoms with Crippen molar-refractivity contribution in [1.82, 2.24) is 10.4 Å². The zero-order valence-electron chi connectivity index (χ0n) is 9.35. The standard InChI is InChI=1S/C11H18N2O3/c14-11(16-13-5-1-2-6-13)12-9-10-3-7-15-8-4-10/h1-2,10H,3-9H2,(H,12,14). The van der Waals surface area contributed by atoms with Crippen LogP contribution < -0.4 is 5.32 Å². The van der Waals surface area contributed by atoms with E-state index in [4.69, 9.17) is 9.57 Å². The second-order valence-electron chi connectivity index (χ2n) is 4.13. The maximum Gasteiger partial charge on any atom is 0.426 e. The van der Waals surface area contributed by atoms with E-state index in [-0.39, 0.29) is 6.09 Å². The molecule has 5 heteroatoms. The minimum Gasteiger partial charge on any atom is -0.381 e. The van der Waals surface area contributed by atoms with E-state index in [0.717, 1.165) is 26.1 Å². The van der Waals surface area contributed by atoms with Crippen LogP contribution in [0, 0.1) is 5.92 Å². The lowest BCUT2D eigenvalue weighted by molar-refractivity contribution is -0.0763. The molecule has 0 aromatic heterocycles. The van der Waals surface area contributed by atoms with Crippen LogP contribution in [0.4, 0.5) is 4.79 Å². The third-order valence-corrected chi connectivity index (χ3v) is 2.87. The zero-order chi connectivity index (χ0) is 11.2. The molecule has 5 nitrogen and oxygen atoms in total. The molecule has 2 aliphatic heterocycles. The maximum atomic E-state index is 11.4. The van der Waals surface area contributed by atoms with E-state index in [0.29, 0.717) is 25.6 Å². The lowest BCUT2D eigenvalue weighted by Gasteiger charge is -2.22. The number of carbonyl (C=O) groups is 1. The molecule has 0 atom stereocenters. The van der Waals surface area contributed by atoms with Gasteiger partial charge in [-0.25, -0.2) is 4.79 Å². The Morgan fingerprint density at radius 2 is 2.06 bits per heavy atom. The molecule has 0 saturated carbocycles. The molecule has 0 aliphatic carbocycles. The highest BCUT2D eigenvalue weighted by Crippen LogP contribution is 2.13. The van der Waals surface area contributed by atoms with Crippen LogP contribution in [0.5, 0.6) is 0 Å². The first kappa shape index (κ1) is 11.4. The quantitative estimate of drug-likeness (QED) is 0.727. The number of carbonyl (C=O) groups excluding carboxylic acids is 1. The van der Waals surface area contributed by atoms with E-state index in [2.05, 4.69) is 5.32 Å². The molecule has 1 amide bonds. The normalized spacial score (nSPS) is 22.2. The SMILES string of the molecule is O=C(NCC1CCOCC1)ON1CC=CC1. The molecule has 16 heavy (non-hydrogen) atoms. The van der Waals surface area contributed by atoms with Gasteiger partial charge in [-0.1, -0.05) is 12.2 Å². The van der Waals surface area contributed by atoms with Gasteiger partial charge in [-0.3, -0.25) is 0 Å². The van der Waals surface area contributed by atoms with Crippen LogP contribution in [0.1, 0.15) is 12.8 Å². The van der Waals surface area contributed by atoms with E-state index < -0.39 is 0 Å². The van der Waals surface area contributed by atoms with Crippen LogP contribution in [-0.2, 0) is 9.57 Å². The van der Waals surface area contributed by atoms with Crippen molar-refractivity contribution in [2.45, 2.75) is 12.8 Å². The first-order valence-electron chi connectivity index (χ1n) is 5.78. The molecule has 0 aromatic carbocycles. The van der Waals surface area contributed by atoms with Crippen molar-refractivity contribution >= 4 is 6.09 Å². The largest absolute Gasteiger partial charge is 0.426 e. The van der Waals surface area contributed by atoms with Gasteiger partial charge in [-0.05, 0) is 18.8 Å². The van der Waals surface area contributed by atoms with Crippen molar-refractivity contribution in [1.29, 1.82) is 0 Å². The number of hydrogen-bond acceptors (Lipinski definition) is 4. The van der Waals surface area contributed by atoms with Crippen LogP contribution in [0.3, 0.4) is 0 Å². The second kappa shape index (κ2) is 5.86. The molecule has 2 heterocycles. The lowest BCUT2D eigenvalue weighted by Crippen LogP contribution is -2.36. The number of hydrogen-bond donors (Lipinski definition) is 1. The molecule has 2 aliphatic rings. The summed E-state index contributed by atoms with van der Waals surface area (Å²) in [6.45, 7) is 3.66. The number of nitrogens with zero attached hydrogens (tertiary/aromatic N) is 1. The molecule has 0 aromatic rings. The third-order valence-electron chi connectivity index (χ3n) is 2.87. The Morgan fingerprint density at radius 1 is 1.38 bits per heavy atom. The monoisotopic (exact) mass is 226 g/mol. The number of rotatable bonds is 3. The van der Waals surface area contributed by atoms with Gasteiger partial charge in [0.2, 0.25) is 0 Å². The Morgan fingerprint density at radius 3 is 2.75 bits per heavy atom. The van der Waals surface area contributed by atoms with Crippen LogP contribution in [-0.4, -0.2) is 44.0 Å². The molecule has 1 saturated heterocycles. The number of hydroxylamine groups is 2. The molecule has 0 unspecified atom stereocenters. The average molecular weight is 226 g/mol. The Hall–Kier alpha value is -1.07. The first-order valence-corrected chi connectivity index (χ1v) is 5.78. The van der Waals surface area contributed by atoms with Gasteiger partial charge in [0.15, 0.2) is 0 Å². The Labute approximate surface area is 95.3 Å². The second-order valence-corrected chi connectivity index (χ2v) is 4.13. The first-order chi connectivity index (χ1) is 7.84. The van der Waals surface area contributed by atoms with Crippen molar-refractivity contribution in [3.8, 4) is 0 Å². The highest BCUT2D eigenvalue weighted by Gasteiger charge is 2.16. The molecular formula is C11H18N2O3. The summed E-state index contributed by atoms with van der Waals surface area (Å²) in [5.74, 6) is 0.526. The summed E-state index contributed by atoms with van der Waals surface area (Å²) in [5.41, 5.74) is 0. The molecule has 0 spiro atoms. The van der Waals surface area contributed by atoms with Gasteiger partial charge in [0, 0.05) is 19.8 Å². The summed E-state index contributed by atoms with van der Waals surface area (Å²) >= 11 is 0. The summed E-state index contributed by atoms with van der Waals surface area (Å²) in [7, 11) is 0. The molecule has 0 bridgehead atoms. The third kappa shape index (κ3) is 3.50. The van der Waals surface area contributed by atoms with Gasteiger partial charge in [0.05, 0.1) is 13.1 Å². The van der Waals surface area contributed by atoms with Crippen LogP contribution in [0.2, 0.25) is 0 Å². The molecule has 2 rings (SSSR count). The van der Waals surface area contributed by atoms with Crippen LogP contribution in [0.15, 0.2) is 12.2 Å². The predicted octanol–water partition coefficient (Wildman–Crippen LogP) is 0.926. The van der Waals surface area contributed by atoms with Crippen LogP contribution >= 0.6 is 0 Å². The molecular weight excluding hydrogens is 208 g/mol.